The number of para-hydroxylation sites is 1. The molecule has 0 unspecified atom stereocenters. The second kappa shape index (κ2) is 7.24. The van der Waals surface area contributed by atoms with Crippen molar-refractivity contribution < 1.29 is 14.3 Å². The fourth-order valence-electron chi connectivity index (χ4n) is 3.87. The predicted octanol–water partition coefficient (Wildman–Crippen LogP) is 2.58. The fourth-order valence-corrected chi connectivity index (χ4v) is 3.87. The number of likely N-dealkylation sites (tertiary alicyclic amines) is 1. The van der Waals surface area contributed by atoms with Gasteiger partial charge < -0.3 is 19.7 Å². The standard InChI is InChI=1S/C20H28N2O3/c1-14-13-22(20(23)15-6-7-15)9-8-17(14)21-12-16-4-2-5-18-19(16)25-11-3-10-24-18/h2,4-5,14-15,17,21H,3,6-13H2,1H3/t14-,17+/m1/s1. The van der Waals surface area contributed by atoms with Crippen molar-refractivity contribution in [3.8, 4) is 11.5 Å². The highest BCUT2D eigenvalue weighted by Gasteiger charge is 2.36. The Bertz CT molecular complexity index is 629. The van der Waals surface area contributed by atoms with Crippen molar-refractivity contribution in [2.24, 2.45) is 11.8 Å². The molecular formula is C20H28N2O3. The van der Waals surface area contributed by atoms with E-state index in [0.29, 0.717) is 37.0 Å². The van der Waals surface area contributed by atoms with Crippen LogP contribution in [0.1, 0.15) is 38.2 Å². The van der Waals surface area contributed by atoms with Crippen LogP contribution in [0.4, 0.5) is 0 Å². The predicted molar refractivity (Wildman–Crippen MR) is 95.8 cm³/mol. The largest absolute Gasteiger partial charge is 0.490 e. The lowest BCUT2D eigenvalue weighted by atomic mass is 9.93. The van der Waals surface area contributed by atoms with Crippen molar-refractivity contribution in [3.05, 3.63) is 23.8 Å². The first-order valence-corrected chi connectivity index (χ1v) is 9.62. The summed E-state index contributed by atoms with van der Waals surface area (Å²) in [5, 5.41) is 3.69. The molecule has 5 heteroatoms. The molecule has 2 heterocycles. The van der Waals surface area contributed by atoms with E-state index in [-0.39, 0.29) is 0 Å². The van der Waals surface area contributed by atoms with E-state index >= 15 is 0 Å². The summed E-state index contributed by atoms with van der Waals surface area (Å²) in [6, 6.07) is 6.56. The van der Waals surface area contributed by atoms with E-state index in [1.807, 2.05) is 12.1 Å². The van der Waals surface area contributed by atoms with E-state index in [1.165, 1.54) is 0 Å². The number of nitrogens with zero attached hydrogens (tertiary/aromatic N) is 1. The van der Waals surface area contributed by atoms with Gasteiger partial charge >= 0.3 is 0 Å². The zero-order valence-electron chi connectivity index (χ0n) is 15.0. The van der Waals surface area contributed by atoms with Gasteiger partial charge in [0.15, 0.2) is 11.5 Å². The molecule has 2 aliphatic heterocycles. The lowest BCUT2D eigenvalue weighted by Gasteiger charge is -2.37. The Morgan fingerprint density at radius 3 is 2.88 bits per heavy atom. The zero-order valence-corrected chi connectivity index (χ0v) is 15.0. The van der Waals surface area contributed by atoms with Gasteiger partial charge in [-0.3, -0.25) is 4.79 Å². The molecule has 25 heavy (non-hydrogen) atoms. The highest BCUT2D eigenvalue weighted by Crippen LogP contribution is 2.34. The number of piperidine rings is 1. The molecule has 0 spiro atoms. The van der Waals surface area contributed by atoms with Crippen molar-refractivity contribution in [1.29, 1.82) is 0 Å². The van der Waals surface area contributed by atoms with Crippen LogP contribution >= 0.6 is 0 Å². The summed E-state index contributed by atoms with van der Waals surface area (Å²) >= 11 is 0. The van der Waals surface area contributed by atoms with E-state index < -0.39 is 0 Å². The smallest absolute Gasteiger partial charge is 0.225 e. The third-order valence-electron chi connectivity index (χ3n) is 5.55. The molecule has 136 valence electrons. The van der Waals surface area contributed by atoms with Crippen LogP contribution in [0.2, 0.25) is 0 Å². The highest BCUT2D eigenvalue weighted by molar-refractivity contribution is 5.81. The molecule has 1 aromatic rings. The van der Waals surface area contributed by atoms with Crippen LogP contribution < -0.4 is 14.8 Å². The molecule has 1 saturated heterocycles. The van der Waals surface area contributed by atoms with Gasteiger partial charge in [-0.15, -0.1) is 0 Å². The molecule has 4 rings (SSSR count). The van der Waals surface area contributed by atoms with Crippen molar-refractivity contribution in [1.82, 2.24) is 10.2 Å². The maximum absolute atomic E-state index is 12.3. The molecule has 1 N–H and O–H groups in total. The first kappa shape index (κ1) is 16.7. The van der Waals surface area contributed by atoms with Crippen molar-refractivity contribution in [3.63, 3.8) is 0 Å². The SMILES string of the molecule is C[C@@H]1CN(C(=O)C2CC2)CC[C@@H]1NCc1cccc2c1OCCCO2. The molecule has 1 aromatic carbocycles. The molecule has 1 saturated carbocycles. The number of amides is 1. The maximum Gasteiger partial charge on any atom is 0.225 e. The Balaban J connectivity index is 1.35. The van der Waals surface area contributed by atoms with Gasteiger partial charge in [-0.1, -0.05) is 19.1 Å². The minimum Gasteiger partial charge on any atom is -0.490 e. The summed E-state index contributed by atoms with van der Waals surface area (Å²) in [6.45, 7) is 6.20. The van der Waals surface area contributed by atoms with Gasteiger partial charge in [0.1, 0.15) is 0 Å². The van der Waals surface area contributed by atoms with Crippen LogP contribution in [-0.4, -0.2) is 43.2 Å². The molecule has 0 radical (unpaired) electrons. The molecule has 2 fully saturated rings. The number of nitrogens with one attached hydrogen (secondary N) is 1. The summed E-state index contributed by atoms with van der Waals surface area (Å²) in [5.41, 5.74) is 1.16. The maximum atomic E-state index is 12.3. The average Bonchev–Trinajstić information content (AvgIpc) is 3.46. The molecular weight excluding hydrogens is 316 g/mol. The number of rotatable bonds is 4. The van der Waals surface area contributed by atoms with Gasteiger partial charge in [0.2, 0.25) is 5.91 Å². The Kier molecular flexibility index (Phi) is 4.84. The van der Waals surface area contributed by atoms with Gasteiger partial charge in [0.05, 0.1) is 13.2 Å². The molecule has 0 bridgehead atoms. The Morgan fingerprint density at radius 2 is 2.08 bits per heavy atom. The third-order valence-corrected chi connectivity index (χ3v) is 5.55. The molecule has 5 nitrogen and oxygen atoms in total. The number of hydrogen-bond acceptors (Lipinski definition) is 4. The Labute approximate surface area is 149 Å². The van der Waals surface area contributed by atoms with Crippen LogP contribution in [0, 0.1) is 11.8 Å². The summed E-state index contributed by atoms with van der Waals surface area (Å²) in [4.78, 5) is 14.3. The Hall–Kier alpha value is -1.75. The molecule has 0 aromatic heterocycles. The van der Waals surface area contributed by atoms with Crippen LogP contribution in [0.15, 0.2) is 18.2 Å². The van der Waals surface area contributed by atoms with E-state index in [1.54, 1.807) is 0 Å². The third kappa shape index (κ3) is 3.76. The minimum absolute atomic E-state index is 0.327. The molecule has 2 atom stereocenters. The first-order chi connectivity index (χ1) is 12.2. The summed E-state index contributed by atoms with van der Waals surface area (Å²) in [6.07, 6.45) is 4.12. The second-order valence-corrected chi connectivity index (χ2v) is 7.61. The van der Waals surface area contributed by atoms with E-state index in [2.05, 4.69) is 23.2 Å². The van der Waals surface area contributed by atoms with Gasteiger partial charge in [-0.25, -0.2) is 0 Å². The zero-order chi connectivity index (χ0) is 17.2. The topological polar surface area (TPSA) is 50.8 Å². The summed E-state index contributed by atoms with van der Waals surface area (Å²) in [7, 11) is 0. The van der Waals surface area contributed by atoms with Gasteiger partial charge in [0.25, 0.3) is 0 Å². The minimum atomic E-state index is 0.327. The van der Waals surface area contributed by atoms with E-state index in [4.69, 9.17) is 9.47 Å². The summed E-state index contributed by atoms with van der Waals surface area (Å²) < 4.78 is 11.7. The summed E-state index contributed by atoms with van der Waals surface area (Å²) in [5.74, 6) is 2.92. The Morgan fingerprint density at radius 1 is 1.24 bits per heavy atom. The van der Waals surface area contributed by atoms with Gasteiger partial charge in [-0.05, 0) is 31.2 Å². The first-order valence-electron chi connectivity index (χ1n) is 9.62. The van der Waals surface area contributed by atoms with Gasteiger partial charge in [-0.2, -0.15) is 0 Å². The fraction of sp³-hybridized carbons (Fsp3) is 0.650. The highest BCUT2D eigenvalue weighted by atomic mass is 16.5. The number of fused-ring (bicyclic) bond motifs is 1. The van der Waals surface area contributed by atoms with Crippen molar-refractivity contribution >= 4 is 5.91 Å². The normalized spacial score (nSPS) is 26.2. The number of benzene rings is 1. The number of ether oxygens (including phenoxy) is 2. The van der Waals surface area contributed by atoms with Crippen molar-refractivity contribution in [2.45, 2.75) is 45.2 Å². The van der Waals surface area contributed by atoms with E-state index in [9.17, 15) is 4.79 Å². The average molecular weight is 344 g/mol. The number of carbonyl (C=O) groups excluding carboxylic acids is 1. The van der Waals surface area contributed by atoms with E-state index in [0.717, 1.165) is 62.4 Å². The molecule has 3 aliphatic rings. The van der Waals surface area contributed by atoms with Gasteiger partial charge in [0, 0.05) is 43.6 Å². The number of carbonyl (C=O) groups is 1. The second-order valence-electron chi connectivity index (χ2n) is 7.61. The monoisotopic (exact) mass is 344 g/mol. The van der Waals surface area contributed by atoms with Crippen LogP contribution in [0.3, 0.4) is 0 Å². The van der Waals surface area contributed by atoms with Crippen LogP contribution in [0.5, 0.6) is 11.5 Å². The van der Waals surface area contributed by atoms with Crippen LogP contribution in [-0.2, 0) is 11.3 Å². The lowest BCUT2D eigenvalue weighted by Crippen LogP contribution is -2.50. The number of hydrogen-bond donors (Lipinski definition) is 1. The molecule has 1 aliphatic carbocycles. The van der Waals surface area contributed by atoms with Crippen LogP contribution in [0.25, 0.3) is 0 Å². The lowest BCUT2D eigenvalue weighted by molar-refractivity contribution is -0.134. The quantitative estimate of drug-likeness (QED) is 0.912. The van der Waals surface area contributed by atoms with Crippen molar-refractivity contribution in [2.75, 3.05) is 26.3 Å². The molecule has 1 amide bonds.